The Labute approximate surface area is 134 Å². The van der Waals surface area contributed by atoms with E-state index in [2.05, 4.69) is 0 Å². The Hall–Kier alpha value is -1.59. The van der Waals surface area contributed by atoms with E-state index in [0.717, 1.165) is 5.56 Å². The van der Waals surface area contributed by atoms with Crippen LogP contribution in [0.25, 0.3) is 0 Å². The number of halogens is 1. The smallest absolute Gasteiger partial charge is 0.334 e. The predicted octanol–water partition coefficient (Wildman–Crippen LogP) is 2.22. The van der Waals surface area contributed by atoms with Crippen molar-refractivity contribution in [3.63, 3.8) is 0 Å². The molecule has 1 aliphatic heterocycles. The van der Waals surface area contributed by atoms with Crippen molar-refractivity contribution < 1.29 is 19.4 Å². The first kappa shape index (κ1) is 16.8. The van der Waals surface area contributed by atoms with Crippen molar-refractivity contribution in [2.45, 2.75) is 26.4 Å². The second kappa shape index (κ2) is 6.67. The highest BCUT2D eigenvalue weighted by Crippen LogP contribution is 2.27. The molecule has 1 saturated heterocycles. The third-order valence-electron chi connectivity index (χ3n) is 3.74. The molecule has 1 aromatic carbocycles. The monoisotopic (exact) mass is 325 g/mol. The average molecular weight is 326 g/mol. The first-order chi connectivity index (χ1) is 10.3. The Morgan fingerprint density at radius 2 is 2.18 bits per heavy atom. The summed E-state index contributed by atoms with van der Waals surface area (Å²) in [4.78, 5) is 25.3. The molecule has 0 bridgehead atoms. The Morgan fingerprint density at radius 1 is 1.45 bits per heavy atom. The SMILES string of the molecule is CC(C)(Cc1cccc(Cl)c1)C(=O)N1CCOC(C(=O)O)C1. The minimum atomic E-state index is -1.04. The lowest BCUT2D eigenvalue weighted by Gasteiger charge is -2.36. The zero-order chi connectivity index (χ0) is 16.3. The molecule has 6 heteroatoms. The summed E-state index contributed by atoms with van der Waals surface area (Å²) in [6.07, 6.45) is -0.402. The summed E-state index contributed by atoms with van der Waals surface area (Å²) in [5.74, 6) is -1.10. The quantitative estimate of drug-likeness (QED) is 0.921. The molecule has 1 unspecified atom stereocenters. The molecule has 1 amide bonds. The highest BCUT2D eigenvalue weighted by molar-refractivity contribution is 6.30. The van der Waals surface area contributed by atoms with Crippen LogP contribution >= 0.6 is 11.6 Å². The van der Waals surface area contributed by atoms with Gasteiger partial charge in [-0.3, -0.25) is 4.79 Å². The number of benzene rings is 1. The van der Waals surface area contributed by atoms with Gasteiger partial charge in [-0.05, 0) is 24.1 Å². The number of amides is 1. The van der Waals surface area contributed by atoms with Crippen molar-refractivity contribution in [3.05, 3.63) is 34.9 Å². The summed E-state index contributed by atoms with van der Waals surface area (Å²) in [6, 6.07) is 7.42. The number of carbonyl (C=O) groups is 2. The molecule has 0 radical (unpaired) electrons. The van der Waals surface area contributed by atoms with E-state index in [1.165, 1.54) is 0 Å². The number of ether oxygens (including phenoxy) is 1. The van der Waals surface area contributed by atoms with Gasteiger partial charge in [0.25, 0.3) is 0 Å². The van der Waals surface area contributed by atoms with E-state index < -0.39 is 17.5 Å². The normalized spacial score (nSPS) is 19.0. The molecule has 1 aromatic rings. The van der Waals surface area contributed by atoms with Crippen molar-refractivity contribution in [2.24, 2.45) is 5.41 Å². The number of nitrogens with zero attached hydrogens (tertiary/aromatic N) is 1. The van der Waals surface area contributed by atoms with Crippen LogP contribution in [0.4, 0.5) is 0 Å². The van der Waals surface area contributed by atoms with Crippen molar-refractivity contribution >= 4 is 23.5 Å². The predicted molar refractivity (Wildman–Crippen MR) is 82.9 cm³/mol. The van der Waals surface area contributed by atoms with Crippen LogP contribution in [0.1, 0.15) is 19.4 Å². The van der Waals surface area contributed by atoms with Crippen molar-refractivity contribution in [1.29, 1.82) is 0 Å². The van der Waals surface area contributed by atoms with Gasteiger partial charge in [-0.25, -0.2) is 4.79 Å². The summed E-state index contributed by atoms with van der Waals surface area (Å²) < 4.78 is 5.16. The zero-order valence-corrected chi connectivity index (χ0v) is 13.5. The largest absolute Gasteiger partial charge is 0.479 e. The van der Waals surface area contributed by atoms with Crippen LogP contribution < -0.4 is 0 Å². The molecule has 1 heterocycles. The van der Waals surface area contributed by atoms with Gasteiger partial charge in [-0.15, -0.1) is 0 Å². The van der Waals surface area contributed by atoms with Crippen LogP contribution in [0.2, 0.25) is 5.02 Å². The molecular formula is C16H20ClNO4. The minimum Gasteiger partial charge on any atom is -0.479 e. The van der Waals surface area contributed by atoms with E-state index in [0.29, 0.717) is 18.0 Å². The lowest BCUT2D eigenvalue weighted by molar-refractivity contribution is -0.162. The van der Waals surface area contributed by atoms with Gasteiger partial charge in [-0.1, -0.05) is 37.6 Å². The van der Waals surface area contributed by atoms with Crippen LogP contribution in [-0.2, 0) is 20.7 Å². The third kappa shape index (κ3) is 3.99. The van der Waals surface area contributed by atoms with Gasteiger partial charge < -0.3 is 14.7 Å². The summed E-state index contributed by atoms with van der Waals surface area (Å²) in [6.45, 7) is 4.48. The Kier molecular flexibility index (Phi) is 5.08. The molecule has 1 N–H and O–H groups in total. The van der Waals surface area contributed by atoms with Gasteiger partial charge in [0.1, 0.15) is 0 Å². The van der Waals surface area contributed by atoms with Crippen LogP contribution in [0.15, 0.2) is 24.3 Å². The van der Waals surface area contributed by atoms with Crippen molar-refractivity contribution in [2.75, 3.05) is 19.7 Å². The number of carboxylic acid groups (broad SMARTS) is 1. The number of carbonyl (C=O) groups excluding carboxylic acids is 1. The van der Waals surface area contributed by atoms with E-state index in [1.807, 2.05) is 32.0 Å². The maximum Gasteiger partial charge on any atom is 0.334 e. The van der Waals surface area contributed by atoms with Crippen molar-refractivity contribution in [3.8, 4) is 0 Å². The molecule has 1 atom stereocenters. The van der Waals surface area contributed by atoms with Crippen LogP contribution in [0.5, 0.6) is 0 Å². The molecule has 120 valence electrons. The van der Waals surface area contributed by atoms with Gasteiger partial charge in [0, 0.05) is 17.0 Å². The molecule has 22 heavy (non-hydrogen) atoms. The summed E-state index contributed by atoms with van der Waals surface area (Å²) >= 11 is 5.98. The molecule has 1 aliphatic rings. The second-order valence-corrected chi connectivity index (χ2v) is 6.58. The van der Waals surface area contributed by atoms with Crippen LogP contribution in [-0.4, -0.2) is 47.7 Å². The second-order valence-electron chi connectivity index (χ2n) is 6.14. The van der Waals surface area contributed by atoms with Crippen LogP contribution in [0.3, 0.4) is 0 Å². The Bertz CT molecular complexity index is 573. The van der Waals surface area contributed by atoms with Gasteiger partial charge in [0.2, 0.25) is 5.91 Å². The maximum atomic E-state index is 12.7. The molecule has 2 rings (SSSR count). The fraction of sp³-hybridized carbons (Fsp3) is 0.500. The molecule has 0 aliphatic carbocycles. The number of rotatable bonds is 4. The lowest BCUT2D eigenvalue weighted by Crippen LogP contribution is -2.52. The van der Waals surface area contributed by atoms with Gasteiger partial charge in [-0.2, -0.15) is 0 Å². The Morgan fingerprint density at radius 3 is 2.82 bits per heavy atom. The van der Waals surface area contributed by atoms with E-state index >= 15 is 0 Å². The number of hydrogen-bond acceptors (Lipinski definition) is 3. The molecule has 0 aromatic heterocycles. The topological polar surface area (TPSA) is 66.8 Å². The molecule has 5 nitrogen and oxygen atoms in total. The summed E-state index contributed by atoms with van der Waals surface area (Å²) in [7, 11) is 0. The van der Waals surface area contributed by atoms with E-state index in [4.69, 9.17) is 21.4 Å². The minimum absolute atomic E-state index is 0.0676. The van der Waals surface area contributed by atoms with Gasteiger partial charge in [0.05, 0.1) is 13.2 Å². The fourth-order valence-electron chi connectivity index (χ4n) is 2.64. The van der Waals surface area contributed by atoms with E-state index in [1.54, 1.807) is 11.0 Å². The molecular weight excluding hydrogens is 306 g/mol. The lowest BCUT2D eigenvalue weighted by atomic mass is 9.84. The number of morpholine rings is 1. The van der Waals surface area contributed by atoms with Gasteiger partial charge in [0.15, 0.2) is 6.10 Å². The average Bonchev–Trinajstić information content (AvgIpc) is 2.46. The fourth-order valence-corrected chi connectivity index (χ4v) is 2.86. The third-order valence-corrected chi connectivity index (χ3v) is 3.98. The molecule has 0 spiro atoms. The number of carboxylic acids is 1. The molecule has 1 fully saturated rings. The maximum absolute atomic E-state index is 12.7. The van der Waals surface area contributed by atoms with Crippen LogP contribution in [0, 0.1) is 5.41 Å². The zero-order valence-electron chi connectivity index (χ0n) is 12.7. The highest BCUT2D eigenvalue weighted by atomic mass is 35.5. The van der Waals surface area contributed by atoms with E-state index in [-0.39, 0.29) is 19.1 Å². The standard InChI is InChI=1S/C16H20ClNO4/c1-16(2,9-11-4-3-5-12(17)8-11)15(21)18-6-7-22-13(10-18)14(19)20/h3-5,8,13H,6-7,9-10H2,1-2H3,(H,19,20). The van der Waals surface area contributed by atoms with E-state index in [9.17, 15) is 9.59 Å². The number of aliphatic carboxylic acids is 1. The highest BCUT2D eigenvalue weighted by Gasteiger charge is 2.36. The first-order valence-corrected chi connectivity index (χ1v) is 7.55. The van der Waals surface area contributed by atoms with Crippen molar-refractivity contribution in [1.82, 2.24) is 4.90 Å². The molecule has 0 saturated carbocycles. The Balaban J connectivity index is 2.07. The summed E-state index contributed by atoms with van der Waals surface area (Å²) in [5.41, 5.74) is 0.347. The summed E-state index contributed by atoms with van der Waals surface area (Å²) in [5, 5.41) is 9.67. The number of hydrogen-bond donors (Lipinski definition) is 1. The first-order valence-electron chi connectivity index (χ1n) is 7.18. The van der Waals surface area contributed by atoms with Gasteiger partial charge >= 0.3 is 5.97 Å².